The highest BCUT2D eigenvalue weighted by Crippen LogP contribution is 2.37. The Labute approximate surface area is 123 Å². The molecule has 0 bridgehead atoms. The molecule has 0 aliphatic carbocycles. The molecular formula is C14H16N2OS2. The largest absolute Gasteiger partial charge is 0.394 e. The van der Waals surface area contributed by atoms with Gasteiger partial charge in [-0.1, -0.05) is 30.4 Å². The number of rotatable bonds is 1. The zero-order chi connectivity index (χ0) is 13.6. The zero-order valence-electron chi connectivity index (χ0n) is 10.6. The molecule has 2 aromatic rings. The molecule has 2 heterocycles. The summed E-state index contributed by atoms with van der Waals surface area (Å²) in [6.07, 6.45) is 0.793. The number of thiol groups is 1. The number of nitrogens with zero attached hydrogens (tertiary/aromatic N) is 1. The third kappa shape index (κ3) is 1.96. The molecule has 3 nitrogen and oxygen atoms in total. The number of hydrogen-bond donors (Lipinski definition) is 3. The van der Waals surface area contributed by atoms with Crippen molar-refractivity contribution in [2.24, 2.45) is 0 Å². The highest BCUT2D eigenvalue weighted by molar-refractivity contribution is 8.10. The maximum Gasteiger partial charge on any atom is 0.134 e. The molecule has 2 unspecified atom stereocenters. The molecule has 19 heavy (non-hydrogen) atoms. The Balaban J connectivity index is 2.17. The Hall–Kier alpha value is -1.04. The lowest BCUT2D eigenvalue weighted by Crippen LogP contribution is -2.46. The molecule has 0 saturated carbocycles. The van der Waals surface area contributed by atoms with Crippen LogP contribution in [0.1, 0.15) is 24.2 Å². The summed E-state index contributed by atoms with van der Waals surface area (Å²) >= 11 is 9.51. The molecule has 2 N–H and O–H groups in total. The van der Waals surface area contributed by atoms with Crippen molar-refractivity contribution in [1.82, 2.24) is 9.88 Å². The Morgan fingerprint density at radius 2 is 2.26 bits per heavy atom. The highest BCUT2D eigenvalue weighted by atomic mass is 32.1. The fraction of sp³-hybridized carbons (Fsp3) is 0.357. The highest BCUT2D eigenvalue weighted by Gasteiger charge is 2.34. The maximum absolute atomic E-state index is 9.62. The van der Waals surface area contributed by atoms with Crippen LogP contribution in [0.25, 0.3) is 10.9 Å². The quantitative estimate of drug-likeness (QED) is 0.559. The first-order valence-corrected chi connectivity index (χ1v) is 7.20. The lowest BCUT2D eigenvalue weighted by molar-refractivity contribution is 0.146. The summed E-state index contributed by atoms with van der Waals surface area (Å²) in [6.45, 7) is 2.18. The van der Waals surface area contributed by atoms with E-state index in [9.17, 15) is 5.11 Å². The van der Waals surface area contributed by atoms with E-state index in [-0.39, 0.29) is 18.7 Å². The van der Waals surface area contributed by atoms with Crippen LogP contribution in [-0.4, -0.2) is 32.0 Å². The number of fused-ring (bicyclic) bond motifs is 3. The van der Waals surface area contributed by atoms with E-state index in [1.807, 2.05) is 17.0 Å². The molecule has 5 heteroatoms. The van der Waals surface area contributed by atoms with Crippen LogP contribution in [0.4, 0.5) is 0 Å². The molecule has 2 atom stereocenters. The van der Waals surface area contributed by atoms with E-state index in [4.69, 9.17) is 12.2 Å². The normalized spacial score (nSPS) is 22.6. The van der Waals surface area contributed by atoms with Gasteiger partial charge in [0.25, 0.3) is 0 Å². The van der Waals surface area contributed by atoms with Gasteiger partial charge in [0, 0.05) is 16.6 Å². The number of aliphatic hydroxyl groups excluding tert-OH is 1. The van der Waals surface area contributed by atoms with Crippen molar-refractivity contribution < 1.29 is 5.11 Å². The molecule has 100 valence electrons. The number of aliphatic hydroxyl groups is 1. The molecule has 0 radical (unpaired) electrons. The van der Waals surface area contributed by atoms with Crippen molar-refractivity contribution in [2.75, 3.05) is 6.61 Å². The SMILES string of the molecule is CC1c2[nH]c3ccccc3c2CC(CO)N1C(=S)S. The van der Waals surface area contributed by atoms with Gasteiger partial charge in [-0.3, -0.25) is 0 Å². The van der Waals surface area contributed by atoms with E-state index in [2.05, 4.69) is 36.7 Å². The van der Waals surface area contributed by atoms with E-state index in [1.54, 1.807) is 0 Å². The predicted octanol–water partition coefficient (Wildman–Crippen LogP) is 2.66. The zero-order valence-corrected chi connectivity index (χ0v) is 12.3. The number of aromatic nitrogens is 1. The number of thiocarbonyl (C=S) groups is 1. The summed E-state index contributed by atoms with van der Waals surface area (Å²) in [7, 11) is 0. The van der Waals surface area contributed by atoms with Crippen LogP contribution in [0.2, 0.25) is 0 Å². The number of aromatic amines is 1. The summed E-state index contributed by atoms with van der Waals surface area (Å²) in [5.41, 5.74) is 3.62. The fourth-order valence-corrected chi connectivity index (χ4v) is 3.70. The van der Waals surface area contributed by atoms with Crippen LogP contribution >= 0.6 is 24.8 Å². The number of nitrogens with one attached hydrogen (secondary N) is 1. The fourth-order valence-electron chi connectivity index (χ4n) is 3.06. The molecule has 0 fully saturated rings. The molecule has 0 amide bonds. The third-order valence-electron chi connectivity index (χ3n) is 3.95. The second-order valence-electron chi connectivity index (χ2n) is 4.97. The number of hydrogen-bond acceptors (Lipinski definition) is 2. The van der Waals surface area contributed by atoms with Gasteiger partial charge in [-0.2, -0.15) is 0 Å². The molecule has 1 aromatic carbocycles. The van der Waals surface area contributed by atoms with E-state index >= 15 is 0 Å². The van der Waals surface area contributed by atoms with E-state index in [1.165, 1.54) is 16.6 Å². The van der Waals surface area contributed by atoms with Crippen LogP contribution in [0.15, 0.2) is 24.3 Å². The van der Waals surface area contributed by atoms with Gasteiger partial charge in [0.1, 0.15) is 4.32 Å². The standard InChI is InChI=1S/C14H16N2OS2/c1-8-13-11(6-9(7-17)16(8)14(18)19)10-4-2-3-5-12(10)15-13/h2-5,8-9,15,17H,6-7H2,1H3,(H,18,19). The second kappa shape index (κ2) is 4.81. The first kappa shape index (κ1) is 13.0. The predicted molar refractivity (Wildman–Crippen MR) is 84.7 cm³/mol. The minimum absolute atomic E-state index is 0.00621. The Kier molecular flexibility index (Phi) is 3.28. The van der Waals surface area contributed by atoms with E-state index < -0.39 is 0 Å². The lowest BCUT2D eigenvalue weighted by atomic mass is 9.93. The molecule has 3 rings (SSSR count). The summed E-state index contributed by atoms with van der Waals surface area (Å²) < 4.78 is 0.538. The summed E-state index contributed by atoms with van der Waals surface area (Å²) in [5.74, 6) is 0. The van der Waals surface area contributed by atoms with Gasteiger partial charge < -0.3 is 15.0 Å². The van der Waals surface area contributed by atoms with Crippen molar-refractivity contribution in [1.29, 1.82) is 0 Å². The van der Waals surface area contributed by atoms with Gasteiger partial charge in [0.15, 0.2) is 0 Å². The van der Waals surface area contributed by atoms with Gasteiger partial charge >= 0.3 is 0 Å². The third-order valence-corrected chi connectivity index (χ3v) is 4.39. The summed E-state index contributed by atoms with van der Waals surface area (Å²) in [4.78, 5) is 5.49. The average molecular weight is 292 g/mol. The van der Waals surface area contributed by atoms with Crippen molar-refractivity contribution in [3.63, 3.8) is 0 Å². The van der Waals surface area contributed by atoms with Gasteiger partial charge in [-0.25, -0.2) is 0 Å². The topological polar surface area (TPSA) is 39.3 Å². The van der Waals surface area contributed by atoms with Crippen molar-refractivity contribution in [2.45, 2.75) is 25.4 Å². The summed E-state index contributed by atoms with van der Waals surface area (Å²) in [5, 5.41) is 10.9. The minimum atomic E-state index is 0.00621. The molecule has 0 saturated heterocycles. The van der Waals surface area contributed by atoms with Gasteiger partial charge in [-0.15, -0.1) is 12.6 Å². The Morgan fingerprint density at radius 3 is 2.95 bits per heavy atom. The first-order valence-electron chi connectivity index (χ1n) is 6.35. The Bertz CT molecular complexity index is 637. The summed E-state index contributed by atoms with van der Waals surface area (Å²) in [6, 6.07) is 8.40. The smallest absolute Gasteiger partial charge is 0.134 e. The van der Waals surface area contributed by atoms with Crippen LogP contribution in [-0.2, 0) is 6.42 Å². The van der Waals surface area contributed by atoms with Crippen LogP contribution < -0.4 is 0 Å². The van der Waals surface area contributed by atoms with Crippen molar-refractivity contribution in [3.05, 3.63) is 35.5 Å². The molecule has 1 aliphatic rings. The first-order chi connectivity index (χ1) is 9.13. The van der Waals surface area contributed by atoms with Gasteiger partial charge in [-0.05, 0) is 25.0 Å². The minimum Gasteiger partial charge on any atom is -0.394 e. The molecule has 0 spiro atoms. The Morgan fingerprint density at radius 1 is 1.53 bits per heavy atom. The molecule has 1 aromatic heterocycles. The van der Waals surface area contributed by atoms with Crippen molar-refractivity contribution >= 4 is 40.1 Å². The second-order valence-corrected chi connectivity index (χ2v) is 6.08. The maximum atomic E-state index is 9.62. The van der Waals surface area contributed by atoms with E-state index in [0.29, 0.717) is 4.32 Å². The van der Waals surface area contributed by atoms with Crippen LogP contribution in [0.5, 0.6) is 0 Å². The average Bonchev–Trinajstić information content (AvgIpc) is 2.77. The van der Waals surface area contributed by atoms with Crippen molar-refractivity contribution in [3.8, 4) is 0 Å². The number of benzene rings is 1. The van der Waals surface area contributed by atoms with Gasteiger partial charge in [0.05, 0.1) is 18.7 Å². The van der Waals surface area contributed by atoms with Crippen LogP contribution in [0, 0.1) is 0 Å². The van der Waals surface area contributed by atoms with Crippen LogP contribution in [0.3, 0.4) is 0 Å². The number of para-hydroxylation sites is 1. The van der Waals surface area contributed by atoms with Gasteiger partial charge in [0.2, 0.25) is 0 Å². The molecule has 1 aliphatic heterocycles. The monoisotopic (exact) mass is 292 g/mol. The molecular weight excluding hydrogens is 276 g/mol. The number of H-pyrrole nitrogens is 1. The van der Waals surface area contributed by atoms with E-state index in [0.717, 1.165) is 11.9 Å². The lowest BCUT2D eigenvalue weighted by Gasteiger charge is -2.40.